The molecule has 0 saturated carbocycles. The SMILES string of the molecule is O=C1CSC(=NN=Cc2cc(F)cc(F)c2Br)N1. The highest BCUT2D eigenvalue weighted by Gasteiger charge is 2.16. The van der Waals surface area contributed by atoms with E-state index in [1.165, 1.54) is 18.0 Å². The molecular weight excluding hydrogens is 328 g/mol. The lowest BCUT2D eigenvalue weighted by Crippen LogP contribution is -2.19. The van der Waals surface area contributed by atoms with Gasteiger partial charge in [-0.1, -0.05) is 11.8 Å². The molecule has 1 aromatic rings. The van der Waals surface area contributed by atoms with Gasteiger partial charge in [-0.2, -0.15) is 5.10 Å². The summed E-state index contributed by atoms with van der Waals surface area (Å²) >= 11 is 4.19. The number of hydrogen-bond acceptors (Lipinski definition) is 4. The van der Waals surface area contributed by atoms with Crippen LogP contribution in [-0.2, 0) is 4.79 Å². The van der Waals surface area contributed by atoms with Gasteiger partial charge in [0.1, 0.15) is 11.6 Å². The number of amidine groups is 1. The quantitative estimate of drug-likeness (QED) is 0.513. The summed E-state index contributed by atoms with van der Waals surface area (Å²) < 4.78 is 26.2. The zero-order valence-corrected chi connectivity index (χ0v) is 11.2. The minimum absolute atomic E-state index is 0.107. The Morgan fingerprint density at radius 1 is 1.44 bits per heavy atom. The minimum Gasteiger partial charge on any atom is -0.303 e. The van der Waals surface area contributed by atoms with Crippen LogP contribution in [0.2, 0.25) is 0 Å². The fourth-order valence-electron chi connectivity index (χ4n) is 1.19. The van der Waals surface area contributed by atoms with E-state index >= 15 is 0 Å². The molecule has 0 radical (unpaired) electrons. The van der Waals surface area contributed by atoms with Crippen LogP contribution < -0.4 is 5.32 Å². The third kappa shape index (κ3) is 3.14. The molecule has 1 aliphatic rings. The predicted octanol–water partition coefficient (Wildman–Crippen LogP) is 2.28. The van der Waals surface area contributed by atoms with Gasteiger partial charge < -0.3 is 5.32 Å². The smallest absolute Gasteiger partial charge is 0.236 e. The van der Waals surface area contributed by atoms with Crippen molar-refractivity contribution in [1.82, 2.24) is 5.32 Å². The molecule has 2 rings (SSSR count). The van der Waals surface area contributed by atoms with Gasteiger partial charge in [-0.3, -0.25) is 4.79 Å². The van der Waals surface area contributed by atoms with E-state index in [0.29, 0.717) is 10.9 Å². The van der Waals surface area contributed by atoms with Crippen molar-refractivity contribution in [3.05, 3.63) is 33.8 Å². The number of nitrogens with zero attached hydrogens (tertiary/aromatic N) is 2. The lowest BCUT2D eigenvalue weighted by Gasteiger charge is -1.99. The number of halogens is 3. The molecule has 0 aromatic heterocycles. The molecule has 94 valence electrons. The lowest BCUT2D eigenvalue weighted by atomic mass is 10.2. The standard InChI is InChI=1S/C10H6BrF2N3OS/c11-9-5(1-6(12)2-7(9)13)3-14-16-10-15-8(17)4-18-10/h1-3H,4H2,(H,15,16,17). The maximum absolute atomic E-state index is 13.2. The minimum atomic E-state index is -0.715. The van der Waals surface area contributed by atoms with Crippen molar-refractivity contribution in [2.75, 3.05) is 5.75 Å². The third-order valence-corrected chi connectivity index (χ3v) is 3.65. The highest BCUT2D eigenvalue weighted by molar-refractivity contribution is 9.10. The molecule has 1 heterocycles. The van der Waals surface area contributed by atoms with E-state index in [2.05, 4.69) is 31.4 Å². The van der Waals surface area contributed by atoms with Gasteiger partial charge in [0.2, 0.25) is 5.91 Å². The molecule has 1 aromatic carbocycles. The van der Waals surface area contributed by atoms with E-state index in [9.17, 15) is 13.6 Å². The molecular formula is C10H6BrF2N3OS. The van der Waals surface area contributed by atoms with Crippen LogP contribution in [0.4, 0.5) is 8.78 Å². The van der Waals surface area contributed by atoms with E-state index in [0.717, 1.165) is 12.1 Å². The van der Waals surface area contributed by atoms with Crippen LogP contribution in [0.15, 0.2) is 26.8 Å². The zero-order valence-electron chi connectivity index (χ0n) is 8.78. The number of hydrogen-bond donors (Lipinski definition) is 1. The second-order valence-electron chi connectivity index (χ2n) is 3.28. The van der Waals surface area contributed by atoms with E-state index in [1.54, 1.807) is 0 Å². The summed E-state index contributed by atoms with van der Waals surface area (Å²) in [5.74, 6) is -1.26. The average Bonchev–Trinajstić information content (AvgIpc) is 2.71. The third-order valence-electron chi connectivity index (χ3n) is 1.95. The van der Waals surface area contributed by atoms with Crippen LogP contribution in [-0.4, -0.2) is 23.0 Å². The second kappa shape index (κ2) is 5.57. The average molecular weight is 334 g/mol. The summed E-state index contributed by atoms with van der Waals surface area (Å²) in [5.41, 5.74) is 0.228. The lowest BCUT2D eigenvalue weighted by molar-refractivity contribution is -0.116. The summed E-state index contributed by atoms with van der Waals surface area (Å²) in [5, 5.41) is 10.2. The van der Waals surface area contributed by atoms with Crippen LogP contribution in [0.1, 0.15) is 5.56 Å². The molecule has 1 fully saturated rings. The van der Waals surface area contributed by atoms with Gasteiger partial charge in [-0.25, -0.2) is 8.78 Å². The molecule has 0 spiro atoms. The van der Waals surface area contributed by atoms with Gasteiger partial charge in [-0.05, 0) is 22.0 Å². The van der Waals surface area contributed by atoms with Crippen molar-refractivity contribution in [1.29, 1.82) is 0 Å². The van der Waals surface area contributed by atoms with Crippen LogP contribution in [0.25, 0.3) is 0 Å². The molecule has 18 heavy (non-hydrogen) atoms. The van der Waals surface area contributed by atoms with Gasteiger partial charge in [-0.15, -0.1) is 5.10 Å². The normalized spacial score (nSPS) is 17.7. The fourth-order valence-corrected chi connectivity index (χ4v) is 2.15. The molecule has 8 heteroatoms. The van der Waals surface area contributed by atoms with E-state index in [1.807, 2.05) is 0 Å². The van der Waals surface area contributed by atoms with Crippen molar-refractivity contribution in [2.24, 2.45) is 10.2 Å². The summed E-state index contributed by atoms with van der Waals surface area (Å²) in [6.07, 6.45) is 1.20. The number of thioether (sulfide) groups is 1. The summed E-state index contributed by atoms with van der Waals surface area (Å²) in [6, 6.07) is 1.89. The van der Waals surface area contributed by atoms with Gasteiger partial charge in [0.05, 0.1) is 16.4 Å². The first-order valence-corrected chi connectivity index (χ1v) is 6.52. The Bertz CT molecular complexity index is 562. The Balaban J connectivity index is 2.17. The van der Waals surface area contributed by atoms with E-state index in [4.69, 9.17) is 0 Å². The Kier molecular flexibility index (Phi) is 4.07. The predicted molar refractivity (Wildman–Crippen MR) is 69.7 cm³/mol. The van der Waals surface area contributed by atoms with Gasteiger partial charge in [0, 0.05) is 11.6 Å². The largest absolute Gasteiger partial charge is 0.303 e. The van der Waals surface area contributed by atoms with Gasteiger partial charge >= 0.3 is 0 Å². The molecule has 0 unspecified atom stereocenters. The van der Waals surface area contributed by atoms with E-state index < -0.39 is 11.6 Å². The number of amides is 1. The van der Waals surface area contributed by atoms with Crippen molar-refractivity contribution in [2.45, 2.75) is 0 Å². The molecule has 1 aliphatic heterocycles. The van der Waals surface area contributed by atoms with Crippen molar-refractivity contribution < 1.29 is 13.6 Å². The summed E-state index contributed by atoms with van der Waals surface area (Å²) in [4.78, 5) is 10.9. The van der Waals surface area contributed by atoms with Crippen molar-refractivity contribution in [3.8, 4) is 0 Å². The molecule has 0 aliphatic carbocycles. The van der Waals surface area contributed by atoms with Gasteiger partial charge in [0.15, 0.2) is 5.17 Å². The van der Waals surface area contributed by atoms with Crippen LogP contribution in [0.3, 0.4) is 0 Å². The number of carbonyl (C=O) groups excluding carboxylic acids is 1. The first kappa shape index (κ1) is 13.2. The second-order valence-corrected chi connectivity index (χ2v) is 5.03. The molecule has 1 saturated heterocycles. The maximum Gasteiger partial charge on any atom is 0.236 e. The molecule has 0 bridgehead atoms. The highest BCUT2D eigenvalue weighted by atomic mass is 79.9. The summed E-state index contributed by atoms with van der Waals surface area (Å²) in [7, 11) is 0. The Hall–Kier alpha value is -1.28. The molecule has 1 amide bonds. The van der Waals surface area contributed by atoms with Crippen LogP contribution in [0, 0.1) is 11.6 Å². The topological polar surface area (TPSA) is 53.8 Å². The first-order valence-electron chi connectivity index (χ1n) is 4.74. The Morgan fingerprint density at radius 2 is 2.22 bits per heavy atom. The van der Waals surface area contributed by atoms with Crippen molar-refractivity contribution in [3.63, 3.8) is 0 Å². The van der Waals surface area contributed by atoms with Crippen LogP contribution in [0.5, 0.6) is 0 Å². The van der Waals surface area contributed by atoms with Crippen molar-refractivity contribution >= 4 is 45.0 Å². The molecule has 1 N–H and O–H groups in total. The molecule has 0 atom stereocenters. The fraction of sp³-hybridized carbons (Fsp3) is 0.100. The van der Waals surface area contributed by atoms with Gasteiger partial charge in [0.25, 0.3) is 0 Å². The van der Waals surface area contributed by atoms with E-state index in [-0.39, 0.29) is 15.9 Å². The number of nitrogens with one attached hydrogen (secondary N) is 1. The summed E-state index contributed by atoms with van der Waals surface area (Å²) in [6.45, 7) is 0. The monoisotopic (exact) mass is 333 g/mol. The number of rotatable bonds is 2. The van der Waals surface area contributed by atoms with Crippen LogP contribution >= 0.6 is 27.7 Å². The Morgan fingerprint density at radius 3 is 2.89 bits per heavy atom. The first-order chi connectivity index (χ1) is 8.56. The molecule has 4 nitrogen and oxygen atoms in total. The zero-order chi connectivity index (χ0) is 13.1. The number of carbonyl (C=O) groups is 1. The maximum atomic E-state index is 13.2. The Labute approximate surface area is 114 Å². The highest BCUT2D eigenvalue weighted by Crippen LogP contribution is 2.20. The number of benzene rings is 1.